The van der Waals surface area contributed by atoms with E-state index in [1.165, 1.54) is 6.20 Å². The van der Waals surface area contributed by atoms with Gasteiger partial charge in [0.05, 0.1) is 27.5 Å². The van der Waals surface area contributed by atoms with Crippen molar-refractivity contribution in [3.8, 4) is 5.69 Å². The molecule has 0 N–H and O–H groups in total. The summed E-state index contributed by atoms with van der Waals surface area (Å²) in [6.07, 6.45) is 3.23. The van der Waals surface area contributed by atoms with Gasteiger partial charge in [0.15, 0.2) is 5.78 Å². The van der Waals surface area contributed by atoms with Crippen molar-refractivity contribution in [2.24, 2.45) is 0 Å². The number of aromatic nitrogens is 2. The fourth-order valence-electron chi connectivity index (χ4n) is 1.97. The fraction of sp³-hybridized carbons (Fsp3) is 0. The standard InChI is InChI=1S/C16H10Cl2N2O/c17-14-7-6-11(8-15(14)18)16(21)12-9-19-20(10-12)13-4-2-1-3-5-13/h1-10H. The van der Waals surface area contributed by atoms with Gasteiger partial charge >= 0.3 is 0 Å². The first kappa shape index (κ1) is 13.9. The topological polar surface area (TPSA) is 34.9 Å². The molecule has 3 rings (SSSR count). The number of nitrogens with zero attached hydrogens (tertiary/aromatic N) is 2. The normalized spacial score (nSPS) is 10.6. The number of rotatable bonds is 3. The zero-order chi connectivity index (χ0) is 14.8. The van der Waals surface area contributed by atoms with Crippen LogP contribution in [0.3, 0.4) is 0 Å². The number of halogens is 2. The molecule has 0 aliphatic rings. The maximum atomic E-state index is 12.4. The molecule has 1 heterocycles. The lowest BCUT2D eigenvalue weighted by molar-refractivity contribution is 0.103. The third kappa shape index (κ3) is 2.84. The average molecular weight is 317 g/mol. The highest BCUT2D eigenvalue weighted by Crippen LogP contribution is 2.24. The van der Waals surface area contributed by atoms with E-state index < -0.39 is 0 Å². The number of hydrogen-bond donors (Lipinski definition) is 0. The minimum Gasteiger partial charge on any atom is -0.288 e. The van der Waals surface area contributed by atoms with Gasteiger partial charge in [-0.05, 0) is 30.3 Å². The predicted molar refractivity (Wildman–Crippen MR) is 83.5 cm³/mol. The van der Waals surface area contributed by atoms with Gasteiger partial charge in [0.2, 0.25) is 0 Å². The van der Waals surface area contributed by atoms with Crippen molar-refractivity contribution >= 4 is 29.0 Å². The second-order valence-electron chi connectivity index (χ2n) is 4.47. The largest absolute Gasteiger partial charge is 0.288 e. The van der Waals surface area contributed by atoms with Crippen LogP contribution in [0.5, 0.6) is 0 Å². The summed E-state index contributed by atoms with van der Waals surface area (Å²) in [5.74, 6) is -0.143. The molecule has 0 aliphatic heterocycles. The fourth-order valence-corrected chi connectivity index (χ4v) is 2.26. The summed E-state index contributed by atoms with van der Waals surface area (Å²) in [7, 11) is 0. The monoisotopic (exact) mass is 316 g/mol. The highest BCUT2D eigenvalue weighted by molar-refractivity contribution is 6.42. The number of carbonyl (C=O) groups is 1. The van der Waals surface area contributed by atoms with Crippen LogP contribution in [-0.4, -0.2) is 15.6 Å². The van der Waals surface area contributed by atoms with Crippen molar-refractivity contribution < 1.29 is 4.79 Å². The molecule has 21 heavy (non-hydrogen) atoms. The molecule has 0 saturated heterocycles. The Balaban J connectivity index is 1.92. The van der Waals surface area contributed by atoms with Gasteiger partial charge in [-0.2, -0.15) is 5.10 Å². The summed E-state index contributed by atoms with van der Waals surface area (Å²) in [6.45, 7) is 0. The molecule has 0 fully saturated rings. The molecule has 0 spiro atoms. The second kappa shape index (κ2) is 5.72. The first-order chi connectivity index (χ1) is 10.1. The van der Waals surface area contributed by atoms with Gasteiger partial charge in [-0.15, -0.1) is 0 Å². The van der Waals surface area contributed by atoms with Crippen LogP contribution in [0.1, 0.15) is 15.9 Å². The van der Waals surface area contributed by atoms with E-state index in [2.05, 4.69) is 5.10 Å². The molecule has 0 atom stereocenters. The first-order valence-electron chi connectivity index (χ1n) is 6.25. The molecule has 104 valence electrons. The van der Waals surface area contributed by atoms with Crippen molar-refractivity contribution in [2.45, 2.75) is 0 Å². The summed E-state index contributed by atoms with van der Waals surface area (Å²) in [4.78, 5) is 12.4. The van der Waals surface area contributed by atoms with E-state index in [1.807, 2.05) is 30.3 Å². The van der Waals surface area contributed by atoms with Gasteiger partial charge in [-0.3, -0.25) is 4.79 Å². The van der Waals surface area contributed by atoms with E-state index in [1.54, 1.807) is 29.1 Å². The number of carbonyl (C=O) groups excluding carboxylic acids is 1. The summed E-state index contributed by atoms with van der Waals surface area (Å²) in [5.41, 5.74) is 1.87. The number of benzene rings is 2. The molecule has 3 nitrogen and oxygen atoms in total. The minimum atomic E-state index is -0.143. The van der Waals surface area contributed by atoms with Gasteiger partial charge in [-0.25, -0.2) is 4.68 Å². The molecule has 3 aromatic rings. The molecule has 2 aromatic carbocycles. The van der Waals surface area contributed by atoms with Gasteiger partial charge in [-0.1, -0.05) is 41.4 Å². The van der Waals surface area contributed by atoms with Crippen molar-refractivity contribution in [2.75, 3.05) is 0 Å². The van der Waals surface area contributed by atoms with Gasteiger partial charge in [0.1, 0.15) is 0 Å². The van der Waals surface area contributed by atoms with Crippen molar-refractivity contribution in [1.29, 1.82) is 0 Å². The molecule has 0 amide bonds. The highest BCUT2D eigenvalue weighted by atomic mass is 35.5. The third-order valence-electron chi connectivity index (χ3n) is 3.05. The molecule has 1 aromatic heterocycles. The highest BCUT2D eigenvalue weighted by Gasteiger charge is 2.13. The molecule has 5 heteroatoms. The van der Waals surface area contributed by atoms with E-state index >= 15 is 0 Å². The van der Waals surface area contributed by atoms with Crippen LogP contribution in [0, 0.1) is 0 Å². The predicted octanol–water partition coefficient (Wildman–Crippen LogP) is 4.41. The van der Waals surface area contributed by atoms with Crippen LogP contribution < -0.4 is 0 Å². The smallest absolute Gasteiger partial charge is 0.196 e. The molecular formula is C16H10Cl2N2O. The summed E-state index contributed by atoms with van der Waals surface area (Å²) in [5, 5.41) is 4.99. The van der Waals surface area contributed by atoms with Crippen LogP contribution in [0.4, 0.5) is 0 Å². The Hall–Kier alpha value is -2.10. The summed E-state index contributed by atoms with van der Waals surface area (Å²) >= 11 is 11.8. The Morgan fingerprint density at radius 3 is 2.43 bits per heavy atom. The Bertz CT molecular complexity index is 797. The lowest BCUT2D eigenvalue weighted by Gasteiger charge is -2.01. The second-order valence-corrected chi connectivity index (χ2v) is 5.28. The minimum absolute atomic E-state index is 0.143. The van der Waals surface area contributed by atoms with Crippen molar-refractivity contribution in [3.63, 3.8) is 0 Å². The zero-order valence-electron chi connectivity index (χ0n) is 10.8. The molecule has 0 bridgehead atoms. The third-order valence-corrected chi connectivity index (χ3v) is 3.79. The summed E-state index contributed by atoms with van der Waals surface area (Å²) < 4.78 is 1.66. The first-order valence-corrected chi connectivity index (χ1v) is 7.00. The Labute approximate surface area is 131 Å². The lowest BCUT2D eigenvalue weighted by atomic mass is 10.1. The Morgan fingerprint density at radius 2 is 1.71 bits per heavy atom. The Morgan fingerprint density at radius 1 is 0.952 bits per heavy atom. The van der Waals surface area contributed by atoms with Crippen molar-refractivity contribution in [1.82, 2.24) is 9.78 Å². The SMILES string of the molecule is O=C(c1ccc(Cl)c(Cl)c1)c1cnn(-c2ccccc2)c1. The van der Waals surface area contributed by atoms with Gasteiger partial charge in [0.25, 0.3) is 0 Å². The lowest BCUT2D eigenvalue weighted by Crippen LogP contribution is -2.00. The Kier molecular flexibility index (Phi) is 3.78. The van der Waals surface area contributed by atoms with Crippen LogP contribution in [-0.2, 0) is 0 Å². The molecule has 0 saturated carbocycles. The van der Waals surface area contributed by atoms with Gasteiger partial charge in [0, 0.05) is 11.8 Å². The van der Waals surface area contributed by atoms with Gasteiger partial charge < -0.3 is 0 Å². The quantitative estimate of drug-likeness (QED) is 0.671. The summed E-state index contributed by atoms with van der Waals surface area (Å²) in [6, 6.07) is 14.4. The number of para-hydroxylation sites is 1. The van der Waals surface area contributed by atoms with E-state index in [4.69, 9.17) is 23.2 Å². The van der Waals surface area contributed by atoms with E-state index in [-0.39, 0.29) is 5.78 Å². The number of hydrogen-bond acceptors (Lipinski definition) is 2. The van der Waals surface area contributed by atoms with Crippen LogP contribution in [0.15, 0.2) is 60.9 Å². The molecular weight excluding hydrogens is 307 g/mol. The maximum absolute atomic E-state index is 12.4. The molecule has 0 unspecified atom stereocenters. The molecule has 0 radical (unpaired) electrons. The van der Waals surface area contributed by atoms with Crippen LogP contribution in [0.25, 0.3) is 5.69 Å². The van der Waals surface area contributed by atoms with E-state index in [0.29, 0.717) is 21.2 Å². The number of ketones is 1. The van der Waals surface area contributed by atoms with Crippen LogP contribution in [0.2, 0.25) is 10.0 Å². The maximum Gasteiger partial charge on any atom is 0.196 e. The van der Waals surface area contributed by atoms with E-state index in [9.17, 15) is 4.79 Å². The van der Waals surface area contributed by atoms with Crippen molar-refractivity contribution in [3.05, 3.63) is 82.1 Å². The molecule has 0 aliphatic carbocycles. The van der Waals surface area contributed by atoms with E-state index in [0.717, 1.165) is 5.69 Å². The average Bonchev–Trinajstić information content (AvgIpc) is 3.00. The zero-order valence-corrected chi connectivity index (χ0v) is 12.3. The van der Waals surface area contributed by atoms with Crippen LogP contribution >= 0.6 is 23.2 Å².